The quantitative estimate of drug-likeness (QED) is 0.594. The van der Waals surface area contributed by atoms with Crippen molar-refractivity contribution >= 4 is 29.1 Å². The maximum Gasteiger partial charge on any atom is 0.250 e. The molecule has 3 unspecified atom stereocenters. The Balaban J connectivity index is 1.61. The van der Waals surface area contributed by atoms with E-state index in [9.17, 15) is 9.59 Å². The van der Waals surface area contributed by atoms with Crippen molar-refractivity contribution in [3.8, 4) is 0 Å². The highest BCUT2D eigenvalue weighted by molar-refractivity contribution is 7.99. The van der Waals surface area contributed by atoms with E-state index >= 15 is 0 Å². The molecule has 1 amide bonds. The summed E-state index contributed by atoms with van der Waals surface area (Å²) in [5.74, 6) is 1.07. The second kappa shape index (κ2) is 7.32. The van der Waals surface area contributed by atoms with Gasteiger partial charge in [0, 0.05) is 40.4 Å². The Labute approximate surface area is 192 Å². The summed E-state index contributed by atoms with van der Waals surface area (Å²) >= 11 is 1.85. The number of rotatable bonds is 3. The number of para-hydroxylation sites is 1. The molecule has 3 aliphatic rings. The van der Waals surface area contributed by atoms with Gasteiger partial charge in [-0.3, -0.25) is 14.5 Å². The minimum absolute atomic E-state index is 0.0464. The summed E-state index contributed by atoms with van der Waals surface area (Å²) in [5, 5.41) is 3.12. The van der Waals surface area contributed by atoms with E-state index in [1.165, 1.54) is 0 Å². The summed E-state index contributed by atoms with van der Waals surface area (Å²) in [6, 6.07) is 26.1. The first-order valence-corrected chi connectivity index (χ1v) is 12.2. The number of aryl methyl sites for hydroxylation is 1. The van der Waals surface area contributed by atoms with E-state index in [4.69, 9.17) is 0 Å². The lowest BCUT2D eigenvalue weighted by molar-refractivity contribution is -0.127. The second-order valence-electron chi connectivity index (χ2n) is 8.95. The normalized spacial score (nSPS) is 28.5. The highest BCUT2D eigenvalue weighted by Crippen LogP contribution is 2.61. The number of hydrogen-bond acceptors (Lipinski definition) is 4. The number of fused-ring (bicyclic) bond motifs is 4. The number of anilines is 1. The maximum atomic E-state index is 14.3. The molecule has 1 N–H and O–H groups in total. The Morgan fingerprint density at radius 3 is 2.50 bits per heavy atom. The van der Waals surface area contributed by atoms with Crippen molar-refractivity contribution in [3.05, 3.63) is 101 Å². The predicted octanol–water partition coefficient (Wildman–Crippen LogP) is 4.81. The maximum absolute atomic E-state index is 14.3. The van der Waals surface area contributed by atoms with Crippen LogP contribution in [0.15, 0.2) is 78.9 Å². The molecule has 160 valence electrons. The fourth-order valence-corrected chi connectivity index (χ4v) is 7.30. The van der Waals surface area contributed by atoms with Crippen molar-refractivity contribution in [2.75, 3.05) is 16.9 Å². The van der Waals surface area contributed by atoms with Crippen molar-refractivity contribution in [3.63, 3.8) is 0 Å². The third-order valence-electron chi connectivity index (χ3n) is 7.33. The number of hydrogen-bond donors (Lipinski definition) is 1. The lowest BCUT2D eigenvalue weighted by Crippen LogP contribution is -2.52. The average molecular weight is 441 g/mol. The van der Waals surface area contributed by atoms with Gasteiger partial charge in [-0.25, -0.2) is 0 Å². The molecule has 3 aromatic rings. The minimum Gasteiger partial charge on any atom is -0.324 e. The van der Waals surface area contributed by atoms with Crippen LogP contribution in [0.5, 0.6) is 0 Å². The smallest absolute Gasteiger partial charge is 0.250 e. The Hall–Kier alpha value is -2.89. The molecular weight excluding hydrogens is 416 g/mol. The molecule has 1 spiro atoms. The number of carbonyl (C=O) groups excluding carboxylic acids is 2. The van der Waals surface area contributed by atoms with E-state index in [1.54, 1.807) is 0 Å². The molecule has 4 atom stereocenters. The molecule has 5 heteroatoms. The van der Waals surface area contributed by atoms with Crippen LogP contribution in [0.3, 0.4) is 0 Å². The summed E-state index contributed by atoms with van der Waals surface area (Å²) in [5.41, 5.74) is 3.68. The summed E-state index contributed by atoms with van der Waals surface area (Å²) in [6.07, 6.45) is 0. The summed E-state index contributed by atoms with van der Waals surface area (Å²) < 4.78 is 0. The first-order chi connectivity index (χ1) is 15.6. The van der Waals surface area contributed by atoms with Crippen molar-refractivity contribution < 1.29 is 9.59 Å². The lowest BCUT2D eigenvalue weighted by atomic mass is 9.69. The summed E-state index contributed by atoms with van der Waals surface area (Å²) in [4.78, 5) is 30.4. The van der Waals surface area contributed by atoms with E-state index in [0.717, 1.165) is 34.0 Å². The molecule has 3 aromatic carbocycles. The number of amides is 1. The van der Waals surface area contributed by atoms with Gasteiger partial charge in [0.25, 0.3) is 0 Å². The van der Waals surface area contributed by atoms with Gasteiger partial charge in [-0.1, -0.05) is 78.4 Å². The number of carbonyl (C=O) groups is 2. The fourth-order valence-electron chi connectivity index (χ4n) is 5.98. The van der Waals surface area contributed by atoms with Gasteiger partial charge < -0.3 is 5.32 Å². The SMILES string of the molecule is Cc1ccc(C(=O)C2C(c3ccccc3)C3CSCN3[C@@]23C(=O)Nc2ccccc23)cc1. The predicted molar refractivity (Wildman–Crippen MR) is 128 cm³/mol. The fraction of sp³-hybridized carbons (Fsp3) is 0.259. The van der Waals surface area contributed by atoms with Gasteiger partial charge in [0.1, 0.15) is 5.54 Å². The van der Waals surface area contributed by atoms with Gasteiger partial charge in [-0.2, -0.15) is 0 Å². The van der Waals surface area contributed by atoms with E-state index in [1.807, 2.05) is 85.4 Å². The van der Waals surface area contributed by atoms with Gasteiger partial charge in [0.2, 0.25) is 5.91 Å². The molecule has 2 saturated heterocycles. The molecule has 0 aliphatic carbocycles. The highest BCUT2D eigenvalue weighted by Gasteiger charge is 2.69. The number of nitrogens with zero attached hydrogens (tertiary/aromatic N) is 1. The Bertz CT molecular complexity index is 1210. The molecule has 3 aliphatic heterocycles. The Kier molecular flexibility index (Phi) is 4.52. The van der Waals surface area contributed by atoms with E-state index in [2.05, 4.69) is 22.3 Å². The van der Waals surface area contributed by atoms with Crippen LogP contribution in [0.1, 0.15) is 33.0 Å². The third-order valence-corrected chi connectivity index (χ3v) is 8.37. The monoisotopic (exact) mass is 440 g/mol. The van der Waals surface area contributed by atoms with Gasteiger partial charge in [0.15, 0.2) is 5.78 Å². The second-order valence-corrected chi connectivity index (χ2v) is 9.95. The molecule has 4 nitrogen and oxygen atoms in total. The largest absolute Gasteiger partial charge is 0.324 e. The van der Waals surface area contributed by atoms with Crippen LogP contribution < -0.4 is 5.32 Å². The van der Waals surface area contributed by atoms with E-state index in [0.29, 0.717) is 5.56 Å². The molecule has 0 saturated carbocycles. The molecular formula is C27H24N2O2S. The molecule has 2 fully saturated rings. The minimum atomic E-state index is -0.993. The van der Waals surface area contributed by atoms with E-state index in [-0.39, 0.29) is 23.7 Å². The number of Topliss-reactive ketones (excluding diaryl/α,β-unsaturated/α-hetero) is 1. The summed E-state index contributed by atoms with van der Waals surface area (Å²) in [6.45, 7) is 2.02. The summed E-state index contributed by atoms with van der Waals surface area (Å²) in [7, 11) is 0. The van der Waals surface area contributed by atoms with Crippen LogP contribution in [0.4, 0.5) is 5.69 Å². The van der Waals surface area contributed by atoms with Gasteiger partial charge >= 0.3 is 0 Å². The van der Waals surface area contributed by atoms with Crippen molar-refractivity contribution in [1.82, 2.24) is 4.90 Å². The first-order valence-electron chi connectivity index (χ1n) is 11.0. The van der Waals surface area contributed by atoms with E-state index < -0.39 is 11.5 Å². The average Bonchev–Trinajstić information content (AvgIpc) is 3.48. The Morgan fingerprint density at radius 2 is 1.72 bits per heavy atom. The van der Waals surface area contributed by atoms with Crippen molar-refractivity contribution in [2.45, 2.75) is 24.4 Å². The van der Waals surface area contributed by atoms with Gasteiger partial charge in [0.05, 0.1) is 5.92 Å². The number of thioether (sulfide) groups is 1. The van der Waals surface area contributed by atoms with Crippen molar-refractivity contribution in [1.29, 1.82) is 0 Å². The van der Waals surface area contributed by atoms with Crippen LogP contribution in [-0.4, -0.2) is 34.3 Å². The Morgan fingerprint density at radius 1 is 1.00 bits per heavy atom. The molecule has 0 radical (unpaired) electrons. The third kappa shape index (κ3) is 2.61. The van der Waals surface area contributed by atoms with Crippen LogP contribution in [0, 0.1) is 12.8 Å². The lowest BCUT2D eigenvalue weighted by Gasteiger charge is -2.36. The van der Waals surface area contributed by atoms with Crippen molar-refractivity contribution in [2.24, 2.45) is 5.92 Å². The van der Waals surface area contributed by atoms with Crippen LogP contribution in [0.25, 0.3) is 0 Å². The van der Waals surface area contributed by atoms with Crippen LogP contribution >= 0.6 is 11.8 Å². The molecule has 0 bridgehead atoms. The van der Waals surface area contributed by atoms with Crippen LogP contribution in [-0.2, 0) is 10.3 Å². The first kappa shape index (κ1) is 19.8. The van der Waals surface area contributed by atoms with Crippen LogP contribution in [0.2, 0.25) is 0 Å². The zero-order valence-electron chi connectivity index (χ0n) is 17.8. The van der Waals surface area contributed by atoms with Gasteiger partial charge in [-0.15, -0.1) is 11.8 Å². The zero-order valence-corrected chi connectivity index (χ0v) is 18.6. The molecule has 6 rings (SSSR count). The number of benzene rings is 3. The zero-order chi connectivity index (χ0) is 21.9. The highest BCUT2D eigenvalue weighted by atomic mass is 32.2. The molecule has 32 heavy (non-hydrogen) atoms. The molecule has 3 heterocycles. The van der Waals surface area contributed by atoms with Gasteiger partial charge in [-0.05, 0) is 18.6 Å². The standard InChI is InChI=1S/C27H24N2O2S/c1-17-11-13-19(14-12-17)25(30)24-23(18-7-3-2-4-8-18)22-15-32-16-29(22)27(24)20-9-5-6-10-21(20)28-26(27)31/h2-14,22-24H,15-16H2,1H3,(H,28,31)/t22?,23?,24?,27-/m1/s1. The topological polar surface area (TPSA) is 49.4 Å². The number of ketones is 1. The molecule has 0 aromatic heterocycles. The number of nitrogens with one attached hydrogen (secondary N) is 1.